The van der Waals surface area contributed by atoms with E-state index in [9.17, 15) is 9.59 Å². The summed E-state index contributed by atoms with van der Waals surface area (Å²) < 4.78 is 5.23. The van der Waals surface area contributed by atoms with Gasteiger partial charge in [-0.3, -0.25) is 9.59 Å². The molecule has 2 rings (SSSR count). The van der Waals surface area contributed by atoms with E-state index in [1.165, 1.54) is 0 Å². The van der Waals surface area contributed by atoms with Crippen LogP contribution >= 0.6 is 0 Å². The van der Waals surface area contributed by atoms with Crippen LogP contribution in [-0.2, 0) is 9.59 Å². The van der Waals surface area contributed by atoms with E-state index in [4.69, 9.17) is 4.74 Å². The molecule has 0 unspecified atom stereocenters. The number of benzene rings is 1. The first-order chi connectivity index (χ1) is 9.52. The van der Waals surface area contributed by atoms with Gasteiger partial charge >= 0.3 is 0 Å². The van der Waals surface area contributed by atoms with Crippen LogP contribution in [0.25, 0.3) is 0 Å². The molecule has 1 aromatic carbocycles. The first-order valence-electron chi connectivity index (χ1n) is 6.34. The SMILES string of the molecule is COc1ccc(NC(=O)C2=NNC(=O)CC2)c(C)c1C. The normalized spacial score (nSPS) is 14.3. The second-order valence-corrected chi connectivity index (χ2v) is 4.61. The van der Waals surface area contributed by atoms with E-state index in [1.54, 1.807) is 13.2 Å². The molecule has 0 radical (unpaired) electrons. The minimum atomic E-state index is -0.294. The molecule has 2 amide bonds. The average molecular weight is 275 g/mol. The maximum absolute atomic E-state index is 12.1. The summed E-state index contributed by atoms with van der Waals surface area (Å²) in [5.74, 6) is 0.318. The quantitative estimate of drug-likeness (QED) is 0.877. The van der Waals surface area contributed by atoms with Gasteiger partial charge in [-0.15, -0.1) is 0 Å². The largest absolute Gasteiger partial charge is 0.496 e. The van der Waals surface area contributed by atoms with Crippen molar-refractivity contribution < 1.29 is 14.3 Å². The Hall–Kier alpha value is -2.37. The molecule has 0 spiro atoms. The fraction of sp³-hybridized carbons (Fsp3) is 0.357. The van der Waals surface area contributed by atoms with Gasteiger partial charge in [-0.05, 0) is 37.1 Å². The van der Waals surface area contributed by atoms with Crippen molar-refractivity contribution in [3.05, 3.63) is 23.3 Å². The molecule has 0 aromatic heterocycles. The minimum Gasteiger partial charge on any atom is -0.496 e. The molecule has 0 fully saturated rings. The summed E-state index contributed by atoms with van der Waals surface area (Å²) in [5.41, 5.74) is 5.28. The molecule has 1 heterocycles. The third-order valence-electron chi connectivity index (χ3n) is 3.37. The van der Waals surface area contributed by atoms with Crippen LogP contribution in [0.3, 0.4) is 0 Å². The highest BCUT2D eigenvalue weighted by Crippen LogP contribution is 2.27. The van der Waals surface area contributed by atoms with Crippen molar-refractivity contribution >= 4 is 23.2 Å². The van der Waals surface area contributed by atoms with Crippen LogP contribution in [0.2, 0.25) is 0 Å². The lowest BCUT2D eigenvalue weighted by atomic mass is 10.1. The molecule has 2 N–H and O–H groups in total. The van der Waals surface area contributed by atoms with Crippen LogP contribution in [0.5, 0.6) is 5.75 Å². The van der Waals surface area contributed by atoms with Crippen molar-refractivity contribution in [3.8, 4) is 5.75 Å². The maximum Gasteiger partial charge on any atom is 0.271 e. The Labute approximate surface area is 117 Å². The van der Waals surface area contributed by atoms with Crippen molar-refractivity contribution in [2.75, 3.05) is 12.4 Å². The van der Waals surface area contributed by atoms with Crippen molar-refractivity contribution in [1.82, 2.24) is 5.43 Å². The van der Waals surface area contributed by atoms with E-state index in [0.29, 0.717) is 17.8 Å². The Morgan fingerprint density at radius 3 is 2.65 bits per heavy atom. The van der Waals surface area contributed by atoms with Gasteiger partial charge in [-0.25, -0.2) is 5.43 Å². The van der Waals surface area contributed by atoms with E-state index >= 15 is 0 Å². The molecule has 1 aliphatic heterocycles. The Bertz CT molecular complexity index is 594. The van der Waals surface area contributed by atoms with Gasteiger partial charge in [-0.2, -0.15) is 5.10 Å². The van der Waals surface area contributed by atoms with Crippen molar-refractivity contribution in [1.29, 1.82) is 0 Å². The van der Waals surface area contributed by atoms with Crippen LogP contribution in [0.4, 0.5) is 5.69 Å². The molecule has 1 aromatic rings. The molecule has 6 nitrogen and oxygen atoms in total. The predicted octanol–water partition coefficient (Wildman–Crippen LogP) is 1.52. The van der Waals surface area contributed by atoms with Crippen LogP contribution in [0.15, 0.2) is 17.2 Å². The number of carbonyl (C=O) groups excluding carboxylic acids is 2. The Morgan fingerprint density at radius 1 is 1.30 bits per heavy atom. The lowest BCUT2D eigenvalue weighted by Crippen LogP contribution is -2.32. The Kier molecular flexibility index (Phi) is 4.02. The van der Waals surface area contributed by atoms with Crippen LogP contribution in [-0.4, -0.2) is 24.6 Å². The van der Waals surface area contributed by atoms with Gasteiger partial charge in [0.25, 0.3) is 5.91 Å². The standard InChI is InChI=1S/C14H17N3O3/c1-8-9(2)12(20-3)6-4-10(8)15-14(19)11-5-7-13(18)17-16-11/h4,6H,5,7H2,1-3H3,(H,15,19)(H,17,18). The number of ether oxygens (including phenoxy) is 1. The van der Waals surface area contributed by atoms with Gasteiger partial charge in [0.1, 0.15) is 11.5 Å². The Morgan fingerprint density at radius 2 is 2.05 bits per heavy atom. The second kappa shape index (κ2) is 5.73. The number of nitrogens with zero attached hydrogens (tertiary/aromatic N) is 1. The van der Waals surface area contributed by atoms with Crippen molar-refractivity contribution in [3.63, 3.8) is 0 Å². The molecule has 0 saturated heterocycles. The fourth-order valence-corrected chi connectivity index (χ4v) is 1.98. The summed E-state index contributed by atoms with van der Waals surface area (Å²) in [7, 11) is 1.61. The number of carbonyl (C=O) groups is 2. The fourth-order valence-electron chi connectivity index (χ4n) is 1.98. The van der Waals surface area contributed by atoms with Gasteiger partial charge in [0.15, 0.2) is 0 Å². The number of hydrazone groups is 1. The van der Waals surface area contributed by atoms with Gasteiger partial charge < -0.3 is 10.1 Å². The van der Waals surface area contributed by atoms with E-state index < -0.39 is 0 Å². The molecule has 20 heavy (non-hydrogen) atoms. The Balaban J connectivity index is 2.16. The van der Waals surface area contributed by atoms with E-state index in [1.807, 2.05) is 19.9 Å². The van der Waals surface area contributed by atoms with Gasteiger partial charge in [-0.1, -0.05) is 0 Å². The smallest absolute Gasteiger partial charge is 0.271 e. The molecule has 0 aliphatic carbocycles. The molecule has 0 atom stereocenters. The summed E-state index contributed by atoms with van der Waals surface area (Å²) >= 11 is 0. The maximum atomic E-state index is 12.1. The van der Waals surface area contributed by atoms with Crippen LogP contribution in [0, 0.1) is 13.8 Å². The summed E-state index contributed by atoms with van der Waals surface area (Å²) in [6.45, 7) is 3.85. The number of hydrogen-bond acceptors (Lipinski definition) is 4. The van der Waals surface area contributed by atoms with Crippen molar-refractivity contribution in [2.24, 2.45) is 5.10 Å². The highest BCUT2D eigenvalue weighted by Gasteiger charge is 2.19. The summed E-state index contributed by atoms with van der Waals surface area (Å²) in [6.07, 6.45) is 0.638. The van der Waals surface area contributed by atoms with Crippen LogP contribution < -0.4 is 15.5 Å². The first-order valence-corrected chi connectivity index (χ1v) is 6.34. The zero-order valence-electron chi connectivity index (χ0n) is 11.7. The lowest BCUT2D eigenvalue weighted by Gasteiger charge is -2.15. The molecule has 1 aliphatic rings. The zero-order valence-corrected chi connectivity index (χ0v) is 11.7. The minimum absolute atomic E-state index is 0.168. The number of methoxy groups -OCH3 is 1. The average Bonchev–Trinajstić information content (AvgIpc) is 2.45. The van der Waals surface area contributed by atoms with Gasteiger partial charge in [0.2, 0.25) is 5.91 Å². The topological polar surface area (TPSA) is 79.8 Å². The number of amides is 2. The predicted molar refractivity (Wildman–Crippen MR) is 75.9 cm³/mol. The molecule has 6 heteroatoms. The highest BCUT2D eigenvalue weighted by molar-refractivity contribution is 6.43. The number of nitrogens with one attached hydrogen (secondary N) is 2. The van der Waals surface area contributed by atoms with E-state index in [2.05, 4.69) is 15.8 Å². The lowest BCUT2D eigenvalue weighted by molar-refractivity contribution is -0.121. The molecular formula is C14H17N3O3. The van der Waals surface area contributed by atoms with Gasteiger partial charge in [0, 0.05) is 18.5 Å². The molecule has 106 valence electrons. The summed E-state index contributed by atoms with van der Waals surface area (Å²) in [5, 5.41) is 6.58. The van der Waals surface area contributed by atoms with E-state index in [-0.39, 0.29) is 18.2 Å². The number of hydrogen-bond donors (Lipinski definition) is 2. The first kappa shape index (κ1) is 14.0. The molecular weight excluding hydrogens is 258 g/mol. The van der Waals surface area contributed by atoms with Gasteiger partial charge in [0.05, 0.1) is 7.11 Å². The third kappa shape index (κ3) is 2.79. The molecule has 0 saturated carbocycles. The van der Waals surface area contributed by atoms with Crippen molar-refractivity contribution in [2.45, 2.75) is 26.7 Å². The number of anilines is 1. The number of rotatable bonds is 3. The summed E-state index contributed by atoms with van der Waals surface area (Å²) in [4.78, 5) is 23.1. The van der Waals surface area contributed by atoms with Crippen LogP contribution in [0.1, 0.15) is 24.0 Å². The highest BCUT2D eigenvalue weighted by atomic mass is 16.5. The second-order valence-electron chi connectivity index (χ2n) is 4.61. The molecule has 0 bridgehead atoms. The third-order valence-corrected chi connectivity index (χ3v) is 3.37. The monoisotopic (exact) mass is 275 g/mol. The zero-order chi connectivity index (χ0) is 14.7. The summed E-state index contributed by atoms with van der Waals surface area (Å²) in [6, 6.07) is 3.60. The van der Waals surface area contributed by atoms with E-state index in [0.717, 1.165) is 16.9 Å².